The highest BCUT2D eigenvalue weighted by Crippen LogP contribution is 2.34. The molecule has 0 bridgehead atoms. The van der Waals surface area contributed by atoms with E-state index in [2.05, 4.69) is 12.2 Å². The Kier molecular flexibility index (Phi) is 9.16. The minimum absolute atomic E-state index is 0.189. The summed E-state index contributed by atoms with van der Waals surface area (Å²) in [6.45, 7) is 7.30. The van der Waals surface area contributed by atoms with Gasteiger partial charge in [-0.05, 0) is 43.5 Å². The molecule has 3 heterocycles. The lowest BCUT2D eigenvalue weighted by Crippen LogP contribution is -2.27. The molecule has 4 rings (SSSR count). The van der Waals surface area contributed by atoms with E-state index in [0.717, 1.165) is 36.1 Å². The number of fused-ring (bicyclic) bond motifs is 1. The summed E-state index contributed by atoms with van der Waals surface area (Å²) in [5.41, 5.74) is 3.87. The number of carbonyl (C=O) groups excluding carboxylic acids is 1. The molecule has 6 nitrogen and oxygen atoms in total. The standard InChI is InChI=1S/C29H34N4O2S2/c1-4-5-6-7-8-9-16-30-25-23(27(34)32-17-10-11-21(3)26(32)31-25)18-24-28(35)33(29(36)37-24)19-22-14-12-20(2)13-15-22/h10-15,17-18,30H,4-9,16,19H2,1-3H3/b24-18-. The minimum atomic E-state index is -0.206. The Morgan fingerprint density at radius 1 is 1.03 bits per heavy atom. The van der Waals surface area contributed by atoms with Crippen molar-refractivity contribution in [1.82, 2.24) is 14.3 Å². The van der Waals surface area contributed by atoms with Gasteiger partial charge in [-0.15, -0.1) is 0 Å². The lowest BCUT2D eigenvalue weighted by Gasteiger charge is -2.14. The smallest absolute Gasteiger partial charge is 0.267 e. The van der Waals surface area contributed by atoms with Crippen molar-refractivity contribution in [3.63, 3.8) is 0 Å². The Morgan fingerprint density at radius 3 is 2.51 bits per heavy atom. The largest absolute Gasteiger partial charge is 0.369 e. The van der Waals surface area contributed by atoms with Crippen LogP contribution in [-0.4, -0.2) is 31.1 Å². The summed E-state index contributed by atoms with van der Waals surface area (Å²) in [4.78, 5) is 33.7. The number of thioether (sulfide) groups is 1. The first-order valence-electron chi connectivity index (χ1n) is 13.0. The van der Waals surface area contributed by atoms with Crippen LogP contribution in [0.15, 0.2) is 52.3 Å². The van der Waals surface area contributed by atoms with Gasteiger partial charge < -0.3 is 5.32 Å². The Balaban J connectivity index is 1.60. The van der Waals surface area contributed by atoms with Gasteiger partial charge in [0.15, 0.2) is 0 Å². The van der Waals surface area contributed by atoms with E-state index in [4.69, 9.17) is 17.2 Å². The second kappa shape index (κ2) is 12.5. The van der Waals surface area contributed by atoms with Gasteiger partial charge >= 0.3 is 0 Å². The molecule has 0 saturated carbocycles. The number of amides is 1. The number of carbonyl (C=O) groups is 1. The van der Waals surface area contributed by atoms with E-state index in [1.165, 1.54) is 37.4 Å². The number of unbranched alkanes of at least 4 members (excludes halogenated alkanes) is 5. The highest BCUT2D eigenvalue weighted by molar-refractivity contribution is 8.26. The molecule has 0 unspecified atom stereocenters. The number of aryl methyl sites for hydroxylation is 2. The fourth-order valence-corrected chi connectivity index (χ4v) is 5.57. The van der Waals surface area contributed by atoms with E-state index in [-0.39, 0.29) is 11.5 Å². The second-order valence-corrected chi connectivity index (χ2v) is 11.2. The van der Waals surface area contributed by atoms with Crippen LogP contribution in [0.4, 0.5) is 5.82 Å². The number of pyridine rings is 1. The van der Waals surface area contributed by atoms with E-state index in [9.17, 15) is 9.59 Å². The third kappa shape index (κ3) is 6.48. The third-order valence-corrected chi connectivity index (χ3v) is 7.90. The van der Waals surface area contributed by atoms with Crippen molar-refractivity contribution in [2.75, 3.05) is 11.9 Å². The molecule has 0 spiro atoms. The lowest BCUT2D eigenvalue weighted by atomic mass is 10.1. The average molecular weight is 535 g/mol. The molecule has 1 fully saturated rings. The molecule has 1 aromatic carbocycles. The Bertz CT molecular complexity index is 1380. The molecule has 3 aromatic rings. The van der Waals surface area contributed by atoms with Crippen LogP contribution in [-0.2, 0) is 11.3 Å². The molecule has 2 aromatic heterocycles. The normalized spacial score (nSPS) is 14.8. The van der Waals surface area contributed by atoms with Crippen LogP contribution in [0.5, 0.6) is 0 Å². The topological polar surface area (TPSA) is 66.7 Å². The summed E-state index contributed by atoms with van der Waals surface area (Å²) >= 11 is 6.77. The van der Waals surface area contributed by atoms with Gasteiger partial charge in [0.2, 0.25) is 0 Å². The second-order valence-electron chi connectivity index (χ2n) is 9.51. The summed E-state index contributed by atoms with van der Waals surface area (Å²) in [6.07, 6.45) is 10.4. The molecule has 1 amide bonds. The summed E-state index contributed by atoms with van der Waals surface area (Å²) in [6, 6.07) is 11.8. The van der Waals surface area contributed by atoms with Gasteiger partial charge in [0.05, 0.1) is 17.0 Å². The molecule has 0 radical (unpaired) electrons. The van der Waals surface area contributed by atoms with Crippen LogP contribution < -0.4 is 10.9 Å². The van der Waals surface area contributed by atoms with Crippen molar-refractivity contribution in [2.45, 2.75) is 65.8 Å². The van der Waals surface area contributed by atoms with Crippen LogP contribution in [0.2, 0.25) is 0 Å². The molecule has 1 aliphatic heterocycles. The Labute approximate surface area is 228 Å². The molecule has 8 heteroatoms. The first-order valence-corrected chi connectivity index (χ1v) is 14.2. The first kappa shape index (κ1) is 27.1. The van der Waals surface area contributed by atoms with Crippen LogP contribution in [0.25, 0.3) is 11.7 Å². The zero-order valence-corrected chi connectivity index (χ0v) is 23.4. The zero-order chi connectivity index (χ0) is 26.4. The average Bonchev–Trinajstić information content (AvgIpc) is 3.14. The van der Waals surface area contributed by atoms with Crippen molar-refractivity contribution in [3.8, 4) is 0 Å². The predicted molar refractivity (Wildman–Crippen MR) is 158 cm³/mol. The van der Waals surface area contributed by atoms with Crippen LogP contribution in [0.3, 0.4) is 0 Å². The first-order chi connectivity index (χ1) is 17.9. The maximum absolute atomic E-state index is 13.6. The molecule has 194 valence electrons. The summed E-state index contributed by atoms with van der Waals surface area (Å²) in [7, 11) is 0. The van der Waals surface area contributed by atoms with Gasteiger partial charge in [0, 0.05) is 12.7 Å². The monoisotopic (exact) mass is 534 g/mol. The van der Waals surface area contributed by atoms with Crippen molar-refractivity contribution < 1.29 is 4.79 Å². The third-order valence-electron chi connectivity index (χ3n) is 6.52. The number of anilines is 1. The number of benzene rings is 1. The Morgan fingerprint density at radius 2 is 1.76 bits per heavy atom. The number of nitrogens with zero attached hydrogens (tertiary/aromatic N) is 3. The fraction of sp³-hybridized carbons (Fsp3) is 0.379. The van der Waals surface area contributed by atoms with E-state index in [1.807, 2.05) is 50.2 Å². The van der Waals surface area contributed by atoms with Crippen molar-refractivity contribution in [2.24, 2.45) is 0 Å². The molecular weight excluding hydrogens is 500 g/mol. The fourth-order valence-electron chi connectivity index (χ4n) is 4.33. The van der Waals surface area contributed by atoms with Gasteiger partial charge in [0.25, 0.3) is 11.5 Å². The van der Waals surface area contributed by atoms with Crippen molar-refractivity contribution in [1.29, 1.82) is 0 Å². The summed E-state index contributed by atoms with van der Waals surface area (Å²) in [5.74, 6) is 0.322. The number of rotatable bonds is 11. The number of hydrogen-bond donors (Lipinski definition) is 1. The SMILES string of the molecule is CCCCCCCCNc1nc2c(C)cccn2c(=O)c1/C=C1\SC(=S)N(Cc2ccc(C)cc2)C1=O. The summed E-state index contributed by atoms with van der Waals surface area (Å²) < 4.78 is 2.03. The van der Waals surface area contributed by atoms with Crippen molar-refractivity contribution in [3.05, 3.63) is 80.1 Å². The Hall–Kier alpha value is -2.97. The molecular formula is C29H34N4O2S2. The van der Waals surface area contributed by atoms with Crippen LogP contribution in [0, 0.1) is 13.8 Å². The van der Waals surface area contributed by atoms with E-state index in [1.54, 1.807) is 21.6 Å². The maximum atomic E-state index is 13.6. The number of hydrogen-bond acceptors (Lipinski definition) is 6. The highest BCUT2D eigenvalue weighted by atomic mass is 32.2. The predicted octanol–water partition coefficient (Wildman–Crippen LogP) is 6.49. The molecule has 1 saturated heterocycles. The zero-order valence-electron chi connectivity index (χ0n) is 21.8. The van der Waals surface area contributed by atoms with Gasteiger partial charge in [-0.3, -0.25) is 18.9 Å². The number of aromatic nitrogens is 2. The summed E-state index contributed by atoms with van der Waals surface area (Å²) in [5, 5.41) is 3.38. The van der Waals surface area contributed by atoms with Gasteiger partial charge in [-0.25, -0.2) is 4.98 Å². The lowest BCUT2D eigenvalue weighted by molar-refractivity contribution is -0.122. The van der Waals surface area contributed by atoms with Crippen LogP contribution >= 0.6 is 24.0 Å². The van der Waals surface area contributed by atoms with E-state index in [0.29, 0.717) is 32.8 Å². The minimum Gasteiger partial charge on any atom is -0.369 e. The maximum Gasteiger partial charge on any atom is 0.267 e. The molecule has 0 atom stereocenters. The van der Waals surface area contributed by atoms with Gasteiger partial charge in [0.1, 0.15) is 15.8 Å². The molecule has 0 aliphatic carbocycles. The van der Waals surface area contributed by atoms with E-state index >= 15 is 0 Å². The van der Waals surface area contributed by atoms with Gasteiger partial charge in [-0.1, -0.05) is 98.9 Å². The highest BCUT2D eigenvalue weighted by Gasteiger charge is 2.32. The molecule has 1 N–H and O–H groups in total. The van der Waals surface area contributed by atoms with Crippen LogP contribution in [0.1, 0.15) is 67.7 Å². The molecule has 37 heavy (non-hydrogen) atoms. The number of thiocarbonyl (C=S) groups is 1. The van der Waals surface area contributed by atoms with Gasteiger partial charge in [-0.2, -0.15) is 0 Å². The van der Waals surface area contributed by atoms with E-state index < -0.39 is 0 Å². The van der Waals surface area contributed by atoms with Crippen molar-refractivity contribution >= 4 is 51.7 Å². The number of nitrogens with one attached hydrogen (secondary N) is 1. The quantitative estimate of drug-likeness (QED) is 0.172. The molecule has 1 aliphatic rings.